The summed E-state index contributed by atoms with van der Waals surface area (Å²) in [5, 5.41) is 2.63. The highest BCUT2D eigenvalue weighted by Gasteiger charge is 2.27. The van der Waals surface area contributed by atoms with E-state index >= 15 is 0 Å². The number of thiazole rings is 1. The number of aryl methyl sites for hydroxylation is 1. The number of nitrogens with zero attached hydrogens (tertiary/aromatic N) is 3. The van der Waals surface area contributed by atoms with Gasteiger partial charge in [0.1, 0.15) is 10.7 Å². The molecule has 2 heterocycles. The molecule has 0 radical (unpaired) electrons. The average Bonchev–Trinajstić information content (AvgIpc) is 3.33. The van der Waals surface area contributed by atoms with Crippen LogP contribution in [0.5, 0.6) is 11.5 Å². The van der Waals surface area contributed by atoms with Crippen molar-refractivity contribution in [1.29, 1.82) is 0 Å². The molecule has 1 saturated heterocycles. The molecule has 166 valence electrons. The van der Waals surface area contributed by atoms with Crippen LogP contribution in [0, 0.1) is 6.92 Å². The summed E-state index contributed by atoms with van der Waals surface area (Å²) in [5.41, 5.74) is 3.17. The highest BCUT2D eigenvalue weighted by molar-refractivity contribution is 7.13. The molecular formula is C24H25N3O4S. The Hall–Kier alpha value is -3.39. The van der Waals surface area contributed by atoms with Gasteiger partial charge < -0.3 is 19.3 Å². The zero-order chi connectivity index (χ0) is 22.7. The Bertz CT molecular complexity index is 1120. The van der Waals surface area contributed by atoms with Crippen molar-refractivity contribution in [3.8, 4) is 22.1 Å². The van der Waals surface area contributed by atoms with Crippen LogP contribution in [0.4, 0.5) is 0 Å². The number of hydrogen-bond acceptors (Lipinski definition) is 6. The number of carbonyl (C=O) groups is 2. The maximum Gasteiger partial charge on any atom is 0.273 e. The number of benzene rings is 2. The van der Waals surface area contributed by atoms with Crippen molar-refractivity contribution in [2.75, 3.05) is 40.4 Å². The first-order chi connectivity index (χ1) is 15.5. The molecule has 1 aliphatic rings. The first-order valence-electron chi connectivity index (χ1n) is 10.3. The van der Waals surface area contributed by atoms with Gasteiger partial charge in [0, 0.05) is 42.7 Å². The maximum atomic E-state index is 12.9. The summed E-state index contributed by atoms with van der Waals surface area (Å²) < 4.78 is 10.5. The normalized spacial score (nSPS) is 13.7. The van der Waals surface area contributed by atoms with E-state index in [-0.39, 0.29) is 11.8 Å². The van der Waals surface area contributed by atoms with E-state index in [4.69, 9.17) is 9.47 Å². The van der Waals surface area contributed by atoms with E-state index in [1.54, 1.807) is 47.6 Å². The number of ether oxygens (including phenoxy) is 2. The summed E-state index contributed by atoms with van der Waals surface area (Å²) in [5.74, 6) is 0.902. The van der Waals surface area contributed by atoms with E-state index in [1.165, 1.54) is 16.9 Å². The van der Waals surface area contributed by atoms with Gasteiger partial charge in [0.15, 0.2) is 11.5 Å². The van der Waals surface area contributed by atoms with Crippen LogP contribution in [0.2, 0.25) is 0 Å². The molecule has 2 aromatic carbocycles. The number of rotatable bonds is 5. The number of hydrogen-bond donors (Lipinski definition) is 0. The SMILES string of the molecule is COc1ccc(C(=O)N2CCN(C(=O)c3csc(-c4ccc(C)cc4)n3)CC2)cc1OC. The summed E-state index contributed by atoms with van der Waals surface area (Å²) in [7, 11) is 3.10. The molecule has 3 aromatic rings. The van der Waals surface area contributed by atoms with E-state index in [1.807, 2.05) is 31.2 Å². The van der Waals surface area contributed by atoms with E-state index in [2.05, 4.69) is 4.98 Å². The van der Waals surface area contributed by atoms with Gasteiger partial charge in [-0.25, -0.2) is 4.98 Å². The molecular weight excluding hydrogens is 426 g/mol. The molecule has 0 N–H and O–H groups in total. The molecule has 7 nitrogen and oxygen atoms in total. The van der Waals surface area contributed by atoms with Gasteiger partial charge in [0.05, 0.1) is 14.2 Å². The predicted molar refractivity (Wildman–Crippen MR) is 124 cm³/mol. The van der Waals surface area contributed by atoms with Crippen molar-refractivity contribution in [2.45, 2.75) is 6.92 Å². The second kappa shape index (κ2) is 9.40. The van der Waals surface area contributed by atoms with Crippen molar-refractivity contribution >= 4 is 23.2 Å². The Kier molecular flexibility index (Phi) is 6.41. The van der Waals surface area contributed by atoms with Crippen LogP contribution in [0.1, 0.15) is 26.4 Å². The van der Waals surface area contributed by atoms with Crippen molar-refractivity contribution < 1.29 is 19.1 Å². The van der Waals surface area contributed by atoms with Crippen molar-refractivity contribution in [1.82, 2.24) is 14.8 Å². The van der Waals surface area contributed by atoms with Crippen molar-refractivity contribution in [3.05, 3.63) is 64.7 Å². The fourth-order valence-electron chi connectivity index (χ4n) is 3.63. The first kappa shape index (κ1) is 21.8. The van der Waals surface area contributed by atoms with Gasteiger partial charge in [-0.05, 0) is 25.1 Å². The van der Waals surface area contributed by atoms with Crippen LogP contribution in [-0.2, 0) is 0 Å². The highest BCUT2D eigenvalue weighted by atomic mass is 32.1. The lowest BCUT2D eigenvalue weighted by Crippen LogP contribution is -2.50. The van der Waals surface area contributed by atoms with Gasteiger partial charge in [-0.3, -0.25) is 9.59 Å². The molecule has 0 bridgehead atoms. The lowest BCUT2D eigenvalue weighted by molar-refractivity contribution is 0.0532. The minimum atomic E-state index is -0.0992. The number of carbonyl (C=O) groups excluding carboxylic acids is 2. The van der Waals surface area contributed by atoms with Gasteiger partial charge in [-0.2, -0.15) is 0 Å². The second-order valence-electron chi connectivity index (χ2n) is 7.56. The molecule has 1 fully saturated rings. The standard InChI is InChI=1S/C24H25N3O4S/c1-16-4-6-17(7-5-16)22-25-19(15-32-22)24(29)27-12-10-26(11-13-27)23(28)18-8-9-20(30-2)21(14-18)31-3/h4-9,14-15H,10-13H2,1-3H3. The smallest absolute Gasteiger partial charge is 0.273 e. The third kappa shape index (κ3) is 4.45. The molecule has 4 rings (SSSR count). The van der Waals surface area contributed by atoms with Crippen LogP contribution in [0.25, 0.3) is 10.6 Å². The fraction of sp³-hybridized carbons (Fsp3) is 0.292. The molecule has 32 heavy (non-hydrogen) atoms. The maximum absolute atomic E-state index is 12.9. The number of amides is 2. The van der Waals surface area contributed by atoms with E-state index in [0.29, 0.717) is 48.9 Å². The van der Waals surface area contributed by atoms with Crippen LogP contribution in [-0.4, -0.2) is 67.0 Å². The summed E-state index contributed by atoms with van der Waals surface area (Å²) in [6, 6.07) is 13.2. The zero-order valence-electron chi connectivity index (χ0n) is 18.3. The fourth-order valence-corrected chi connectivity index (χ4v) is 4.43. The van der Waals surface area contributed by atoms with Crippen LogP contribution < -0.4 is 9.47 Å². The number of piperazine rings is 1. The summed E-state index contributed by atoms with van der Waals surface area (Å²) in [6.45, 7) is 3.91. The van der Waals surface area contributed by atoms with Gasteiger partial charge in [-0.15, -0.1) is 11.3 Å². The minimum absolute atomic E-state index is 0.0895. The molecule has 8 heteroatoms. The van der Waals surface area contributed by atoms with Crippen molar-refractivity contribution in [3.63, 3.8) is 0 Å². The quantitative estimate of drug-likeness (QED) is 0.591. The van der Waals surface area contributed by atoms with Gasteiger partial charge in [0.2, 0.25) is 0 Å². The van der Waals surface area contributed by atoms with Gasteiger partial charge in [-0.1, -0.05) is 29.8 Å². The summed E-state index contributed by atoms with van der Waals surface area (Å²) in [6.07, 6.45) is 0. The summed E-state index contributed by atoms with van der Waals surface area (Å²) in [4.78, 5) is 33.9. The summed E-state index contributed by atoms with van der Waals surface area (Å²) >= 11 is 1.46. The van der Waals surface area contributed by atoms with Crippen LogP contribution in [0.3, 0.4) is 0 Å². The van der Waals surface area contributed by atoms with Crippen LogP contribution >= 0.6 is 11.3 Å². The van der Waals surface area contributed by atoms with E-state index in [0.717, 1.165) is 10.6 Å². The Morgan fingerprint density at radius 3 is 2.12 bits per heavy atom. The van der Waals surface area contributed by atoms with Gasteiger partial charge >= 0.3 is 0 Å². The van der Waals surface area contributed by atoms with Crippen molar-refractivity contribution in [2.24, 2.45) is 0 Å². The number of aromatic nitrogens is 1. The molecule has 1 aromatic heterocycles. The lowest BCUT2D eigenvalue weighted by atomic mass is 10.1. The average molecular weight is 452 g/mol. The first-order valence-corrected chi connectivity index (χ1v) is 11.2. The Balaban J connectivity index is 1.39. The third-order valence-corrected chi connectivity index (χ3v) is 6.40. The lowest BCUT2D eigenvalue weighted by Gasteiger charge is -2.34. The molecule has 0 unspecified atom stereocenters. The van der Waals surface area contributed by atoms with E-state index < -0.39 is 0 Å². The Labute approximate surface area is 191 Å². The molecule has 0 saturated carbocycles. The molecule has 2 amide bonds. The molecule has 1 aliphatic heterocycles. The van der Waals surface area contributed by atoms with Crippen LogP contribution in [0.15, 0.2) is 47.8 Å². The second-order valence-corrected chi connectivity index (χ2v) is 8.42. The molecule has 0 atom stereocenters. The highest BCUT2D eigenvalue weighted by Crippen LogP contribution is 2.28. The largest absolute Gasteiger partial charge is 0.493 e. The number of methoxy groups -OCH3 is 2. The monoisotopic (exact) mass is 451 g/mol. The predicted octanol–water partition coefficient (Wildman–Crippen LogP) is 3.73. The molecule has 0 spiro atoms. The van der Waals surface area contributed by atoms with E-state index in [9.17, 15) is 9.59 Å². The topological polar surface area (TPSA) is 72.0 Å². The Morgan fingerprint density at radius 1 is 0.875 bits per heavy atom. The third-order valence-electron chi connectivity index (χ3n) is 5.51. The zero-order valence-corrected chi connectivity index (χ0v) is 19.1. The minimum Gasteiger partial charge on any atom is -0.493 e. The van der Waals surface area contributed by atoms with Gasteiger partial charge in [0.25, 0.3) is 11.8 Å². The Morgan fingerprint density at radius 2 is 1.50 bits per heavy atom. The molecule has 0 aliphatic carbocycles.